The molecule has 174 valence electrons. The summed E-state index contributed by atoms with van der Waals surface area (Å²) in [6.07, 6.45) is 6.44. The van der Waals surface area contributed by atoms with Gasteiger partial charge in [-0.05, 0) is 59.9 Å². The van der Waals surface area contributed by atoms with Crippen LogP contribution in [-0.4, -0.2) is 6.10 Å². The second-order valence-electron chi connectivity index (χ2n) is 11.2. The van der Waals surface area contributed by atoms with Gasteiger partial charge in [-0.3, -0.25) is 0 Å². The number of nitrogens with zero attached hydrogens (tertiary/aromatic N) is 1. The van der Waals surface area contributed by atoms with Gasteiger partial charge >= 0.3 is 0 Å². The number of rotatable bonds is 5. The second-order valence-corrected chi connectivity index (χ2v) is 11.2. The lowest BCUT2D eigenvalue weighted by Gasteiger charge is -2.40. The van der Waals surface area contributed by atoms with Crippen molar-refractivity contribution in [1.29, 1.82) is 0 Å². The van der Waals surface area contributed by atoms with E-state index in [1.165, 1.54) is 36.1 Å². The zero-order chi connectivity index (χ0) is 23.3. The molecule has 3 aliphatic rings. The highest BCUT2D eigenvalue weighted by Crippen LogP contribution is 2.67. The van der Waals surface area contributed by atoms with E-state index in [-0.39, 0.29) is 23.6 Å². The Morgan fingerprint density at radius 3 is 1.91 bits per heavy atom. The molecule has 0 aromatic heterocycles. The molecule has 2 fully saturated rings. The molecule has 0 radical (unpaired) electrons. The van der Waals surface area contributed by atoms with Crippen LogP contribution < -0.4 is 4.90 Å². The fraction of sp³-hybridized carbons (Fsp3) is 0.375. The van der Waals surface area contributed by atoms with Crippen LogP contribution in [0.1, 0.15) is 63.2 Å². The van der Waals surface area contributed by atoms with Crippen LogP contribution in [0.2, 0.25) is 0 Å². The molecule has 6 rings (SSSR count). The Hall–Kier alpha value is -3.00. The first-order valence-electron chi connectivity index (χ1n) is 12.8. The first-order chi connectivity index (χ1) is 16.5. The average Bonchev–Trinajstić information content (AvgIpc) is 3.42. The number of ether oxygens (including phenoxy) is 1. The molecule has 34 heavy (non-hydrogen) atoms. The van der Waals surface area contributed by atoms with Crippen LogP contribution in [0.15, 0.2) is 103 Å². The summed E-state index contributed by atoms with van der Waals surface area (Å²) in [6.45, 7) is 7.41. The van der Waals surface area contributed by atoms with Gasteiger partial charge in [0.2, 0.25) is 0 Å². The highest BCUT2D eigenvalue weighted by molar-refractivity contribution is 5.58. The summed E-state index contributed by atoms with van der Waals surface area (Å²) in [5, 5.41) is 0. The van der Waals surface area contributed by atoms with E-state index in [2.05, 4.69) is 123 Å². The first-order valence-corrected chi connectivity index (χ1v) is 12.8. The summed E-state index contributed by atoms with van der Waals surface area (Å²) >= 11 is 0. The molecule has 0 saturated heterocycles. The zero-order valence-electron chi connectivity index (χ0n) is 20.5. The van der Waals surface area contributed by atoms with Crippen LogP contribution in [0.4, 0.5) is 5.69 Å². The van der Waals surface area contributed by atoms with Crippen LogP contribution in [0.5, 0.6) is 0 Å². The van der Waals surface area contributed by atoms with Crippen LogP contribution >= 0.6 is 0 Å². The molecule has 0 unspecified atom stereocenters. The van der Waals surface area contributed by atoms with E-state index in [1.54, 1.807) is 0 Å². The summed E-state index contributed by atoms with van der Waals surface area (Å²) in [7, 11) is 0. The van der Waals surface area contributed by atoms with Crippen molar-refractivity contribution >= 4 is 5.69 Å². The molecule has 2 aliphatic carbocycles. The van der Waals surface area contributed by atoms with Crippen LogP contribution in [0, 0.1) is 16.7 Å². The Labute approximate surface area is 204 Å². The lowest BCUT2D eigenvalue weighted by Crippen LogP contribution is -2.38. The van der Waals surface area contributed by atoms with E-state index in [0.29, 0.717) is 5.41 Å². The van der Waals surface area contributed by atoms with Crippen LogP contribution in [-0.2, 0) is 4.74 Å². The van der Waals surface area contributed by atoms with Crippen molar-refractivity contribution in [3.8, 4) is 0 Å². The number of benzene rings is 3. The minimum Gasteiger partial charge on any atom is -0.492 e. The number of hydrogen-bond donors (Lipinski definition) is 0. The van der Waals surface area contributed by atoms with Crippen molar-refractivity contribution in [2.45, 2.75) is 58.2 Å². The third kappa shape index (κ3) is 3.22. The van der Waals surface area contributed by atoms with Crippen molar-refractivity contribution in [2.75, 3.05) is 4.90 Å². The normalized spacial score (nSPS) is 31.5. The lowest BCUT2D eigenvalue weighted by atomic mass is 9.70. The van der Waals surface area contributed by atoms with Gasteiger partial charge in [0.25, 0.3) is 0 Å². The van der Waals surface area contributed by atoms with Gasteiger partial charge < -0.3 is 9.64 Å². The van der Waals surface area contributed by atoms with Crippen molar-refractivity contribution < 1.29 is 4.74 Å². The van der Waals surface area contributed by atoms with Gasteiger partial charge in [0, 0.05) is 11.1 Å². The Morgan fingerprint density at radius 2 is 1.35 bits per heavy atom. The van der Waals surface area contributed by atoms with Gasteiger partial charge in [-0.25, -0.2) is 0 Å². The van der Waals surface area contributed by atoms with E-state index in [1.807, 2.05) is 0 Å². The van der Waals surface area contributed by atoms with Crippen LogP contribution in [0.3, 0.4) is 0 Å². The lowest BCUT2D eigenvalue weighted by molar-refractivity contribution is -0.0161. The molecule has 0 amide bonds. The summed E-state index contributed by atoms with van der Waals surface area (Å²) < 4.78 is 7.13. The molecule has 1 aliphatic heterocycles. The van der Waals surface area contributed by atoms with E-state index in [0.717, 1.165) is 11.7 Å². The largest absolute Gasteiger partial charge is 0.492 e. The molecule has 0 N–H and O–H groups in total. The zero-order valence-corrected chi connectivity index (χ0v) is 20.5. The molecule has 3 aromatic carbocycles. The van der Waals surface area contributed by atoms with Gasteiger partial charge in [-0.1, -0.05) is 99.6 Å². The minimum atomic E-state index is 0.0552. The molecule has 5 atom stereocenters. The Kier molecular flexibility index (Phi) is 5.09. The molecule has 1 heterocycles. The summed E-state index contributed by atoms with van der Waals surface area (Å²) in [6, 6.07) is 32.8. The molecule has 0 spiro atoms. The first kappa shape index (κ1) is 21.5. The highest BCUT2D eigenvalue weighted by Gasteiger charge is 2.63. The maximum atomic E-state index is 7.13. The third-order valence-electron chi connectivity index (χ3n) is 9.47. The monoisotopic (exact) mass is 449 g/mol. The van der Waals surface area contributed by atoms with Gasteiger partial charge in [-0.15, -0.1) is 0 Å². The van der Waals surface area contributed by atoms with Gasteiger partial charge in [0.1, 0.15) is 17.9 Å². The van der Waals surface area contributed by atoms with Crippen molar-refractivity contribution in [3.05, 3.63) is 114 Å². The molecule has 2 saturated carbocycles. The number of para-hydroxylation sites is 1. The Bertz CT molecular complexity index is 1170. The SMILES string of the molecule is CC1(C)[C@H]2CC[C@]1(C)[C@H](OC1=C[C@H](c3ccccc3)N(c3ccccc3)[C@H]1c1ccccc1)C2. The predicted molar refractivity (Wildman–Crippen MR) is 139 cm³/mol. The summed E-state index contributed by atoms with van der Waals surface area (Å²) in [4.78, 5) is 2.54. The number of hydrogen-bond acceptors (Lipinski definition) is 2. The summed E-state index contributed by atoms with van der Waals surface area (Å²) in [5.74, 6) is 1.87. The number of anilines is 1. The topological polar surface area (TPSA) is 12.5 Å². The standard InChI is InChI=1S/C32H35NO/c1-31(2)25-19-20-32(31,3)29(21-25)34-28-22-27(23-13-7-4-8-14-23)33(26-17-11-6-12-18-26)30(28)24-15-9-5-10-16-24/h4-18,22,25,27,29-30H,19-21H2,1-3H3/t25-,27+,29+,30-,32+/m0/s1. The molecule has 2 bridgehead atoms. The van der Waals surface area contributed by atoms with Gasteiger partial charge in [0.15, 0.2) is 0 Å². The molecule has 3 aromatic rings. The van der Waals surface area contributed by atoms with Gasteiger partial charge in [-0.2, -0.15) is 0 Å². The van der Waals surface area contributed by atoms with Crippen molar-refractivity contribution in [1.82, 2.24) is 0 Å². The van der Waals surface area contributed by atoms with Crippen LogP contribution in [0.25, 0.3) is 0 Å². The van der Waals surface area contributed by atoms with E-state index in [9.17, 15) is 0 Å². The fourth-order valence-electron chi connectivity index (χ4n) is 6.98. The number of fused-ring (bicyclic) bond motifs is 2. The van der Waals surface area contributed by atoms with E-state index >= 15 is 0 Å². The maximum absolute atomic E-state index is 7.13. The van der Waals surface area contributed by atoms with Crippen molar-refractivity contribution in [2.24, 2.45) is 16.7 Å². The van der Waals surface area contributed by atoms with E-state index < -0.39 is 0 Å². The van der Waals surface area contributed by atoms with E-state index in [4.69, 9.17) is 4.74 Å². The average molecular weight is 450 g/mol. The molecular formula is C32H35NO. The maximum Gasteiger partial charge on any atom is 0.122 e. The Balaban J connectivity index is 1.45. The summed E-state index contributed by atoms with van der Waals surface area (Å²) in [5.41, 5.74) is 4.35. The predicted octanol–water partition coefficient (Wildman–Crippen LogP) is 8.10. The minimum absolute atomic E-state index is 0.0552. The fourth-order valence-corrected chi connectivity index (χ4v) is 6.98. The molecule has 2 nitrogen and oxygen atoms in total. The van der Waals surface area contributed by atoms with Gasteiger partial charge in [0.05, 0.1) is 6.04 Å². The molecular weight excluding hydrogens is 414 g/mol. The highest BCUT2D eigenvalue weighted by atomic mass is 16.5. The Morgan fingerprint density at radius 1 is 0.765 bits per heavy atom. The smallest absolute Gasteiger partial charge is 0.122 e. The second kappa shape index (κ2) is 8.05. The third-order valence-corrected chi connectivity index (χ3v) is 9.47. The van der Waals surface area contributed by atoms with Crippen molar-refractivity contribution in [3.63, 3.8) is 0 Å². The molecule has 2 heteroatoms. The quantitative estimate of drug-likeness (QED) is 0.390.